The van der Waals surface area contributed by atoms with Crippen LogP contribution in [0.1, 0.15) is 29.2 Å². The molecule has 2 fully saturated rings. The zero-order valence-electron chi connectivity index (χ0n) is 16.4. The van der Waals surface area contributed by atoms with Crippen molar-refractivity contribution in [1.82, 2.24) is 19.8 Å². The number of aromatic nitrogens is 2. The highest BCUT2D eigenvalue weighted by atomic mass is 19.4. The number of carbonyl (C=O) groups is 1. The lowest BCUT2D eigenvalue weighted by atomic mass is 10.1. The predicted molar refractivity (Wildman–Crippen MR) is 101 cm³/mol. The molecule has 1 unspecified atom stereocenters. The second kappa shape index (κ2) is 8.29. The van der Waals surface area contributed by atoms with E-state index in [1.807, 2.05) is 0 Å². The van der Waals surface area contributed by atoms with Crippen LogP contribution in [-0.4, -0.2) is 58.1 Å². The third-order valence-corrected chi connectivity index (χ3v) is 5.55. The van der Waals surface area contributed by atoms with Gasteiger partial charge < -0.3 is 19.5 Å². The highest BCUT2D eigenvalue weighted by molar-refractivity contribution is 5.76. The molecular weight excluding hydrogens is 420 g/mol. The van der Waals surface area contributed by atoms with Crippen LogP contribution in [0.2, 0.25) is 0 Å². The second-order valence-corrected chi connectivity index (χ2v) is 7.71. The molecular formula is C20H20F4N4O3. The Bertz CT molecular complexity index is 1020. The van der Waals surface area contributed by atoms with Crippen LogP contribution < -0.4 is 5.56 Å². The van der Waals surface area contributed by atoms with Crippen molar-refractivity contribution in [2.24, 2.45) is 0 Å². The van der Waals surface area contributed by atoms with E-state index in [9.17, 15) is 27.2 Å². The van der Waals surface area contributed by atoms with E-state index in [2.05, 4.69) is 9.97 Å². The third kappa shape index (κ3) is 4.71. The van der Waals surface area contributed by atoms with Crippen molar-refractivity contribution in [2.45, 2.75) is 31.2 Å². The van der Waals surface area contributed by atoms with E-state index in [0.29, 0.717) is 44.4 Å². The number of nitrogens with zero attached hydrogens (tertiary/aromatic N) is 3. The van der Waals surface area contributed by atoms with Gasteiger partial charge in [-0.1, -0.05) is 6.07 Å². The highest BCUT2D eigenvalue weighted by Gasteiger charge is 2.37. The first-order chi connectivity index (χ1) is 14.7. The summed E-state index contributed by atoms with van der Waals surface area (Å²) in [7, 11) is 0. The molecule has 0 bridgehead atoms. The van der Waals surface area contributed by atoms with Gasteiger partial charge in [0.2, 0.25) is 0 Å². The Morgan fingerprint density at radius 2 is 1.97 bits per heavy atom. The molecule has 2 aromatic rings. The van der Waals surface area contributed by atoms with Gasteiger partial charge in [-0.2, -0.15) is 13.2 Å². The van der Waals surface area contributed by atoms with Crippen molar-refractivity contribution in [2.75, 3.05) is 26.2 Å². The third-order valence-electron chi connectivity index (χ3n) is 5.55. The molecule has 2 aliphatic rings. The molecule has 4 rings (SSSR count). The molecule has 11 heteroatoms. The summed E-state index contributed by atoms with van der Waals surface area (Å²) in [6.07, 6.45) is -1.41. The number of ether oxygens (including phenoxy) is 1. The number of H-pyrrole nitrogens is 1. The fourth-order valence-electron chi connectivity index (χ4n) is 3.74. The standard InChI is InChI=1S/C20H20F4N4O3/c21-16-5-14(20(22,23)24)2-1-13(16)11-31-15-9-28(10-15)19(30)27-4-3-12(8-27)17-6-25-7-18(29)26-17/h1-2,5-7,12,15H,3-4,8-11H2,(H,26,29). The summed E-state index contributed by atoms with van der Waals surface area (Å²) >= 11 is 0. The first-order valence-electron chi connectivity index (χ1n) is 9.76. The number of benzene rings is 1. The fourth-order valence-corrected chi connectivity index (χ4v) is 3.74. The molecule has 1 N–H and O–H groups in total. The number of amides is 2. The van der Waals surface area contributed by atoms with E-state index in [1.54, 1.807) is 16.0 Å². The largest absolute Gasteiger partial charge is 0.416 e. The summed E-state index contributed by atoms with van der Waals surface area (Å²) in [5.74, 6) is -0.958. The maximum absolute atomic E-state index is 13.9. The minimum Gasteiger partial charge on any atom is -0.370 e. The summed E-state index contributed by atoms with van der Waals surface area (Å²) in [6, 6.07) is 2.19. The Morgan fingerprint density at radius 1 is 1.19 bits per heavy atom. The van der Waals surface area contributed by atoms with E-state index in [0.717, 1.165) is 12.1 Å². The zero-order chi connectivity index (χ0) is 22.2. The number of urea groups is 1. The lowest BCUT2D eigenvalue weighted by Gasteiger charge is -2.40. The summed E-state index contributed by atoms with van der Waals surface area (Å²) in [4.78, 5) is 33.9. The molecule has 2 amide bonds. The van der Waals surface area contributed by atoms with E-state index < -0.39 is 17.6 Å². The second-order valence-electron chi connectivity index (χ2n) is 7.71. The molecule has 0 radical (unpaired) electrons. The number of nitrogens with one attached hydrogen (secondary N) is 1. The van der Waals surface area contributed by atoms with Crippen molar-refractivity contribution in [3.8, 4) is 0 Å². The lowest BCUT2D eigenvalue weighted by Crippen LogP contribution is -2.58. The molecule has 7 nitrogen and oxygen atoms in total. The predicted octanol–water partition coefficient (Wildman–Crippen LogP) is 2.74. The molecule has 0 saturated carbocycles. The number of rotatable bonds is 4. The van der Waals surface area contributed by atoms with Gasteiger partial charge in [0, 0.05) is 36.5 Å². The summed E-state index contributed by atoms with van der Waals surface area (Å²) in [5, 5.41) is 0. The van der Waals surface area contributed by atoms with Gasteiger partial charge in [0.1, 0.15) is 5.82 Å². The number of likely N-dealkylation sites (tertiary alicyclic amines) is 2. The smallest absolute Gasteiger partial charge is 0.370 e. The summed E-state index contributed by atoms with van der Waals surface area (Å²) in [5.41, 5.74) is -0.597. The van der Waals surface area contributed by atoms with Gasteiger partial charge in [0.25, 0.3) is 5.56 Å². The SMILES string of the molecule is O=C(N1CC(OCc2ccc(C(F)(F)F)cc2F)C1)N1CCC(c2cncc(=O)[nH]2)C1. The van der Waals surface area contributed by atoms with Crippen molar-refractivity contribution >= 4 is 6.03 Å². The molecule has 31 heavy (non-hydrogen) atoms. The van der Waals surface area contributed by atoms with Crippen LogP contribution >= 0.6 is 0 Å². The normalized spacial score (nSPS) is 19.5. The van der Waals surface area contributed by atoms with Gasteiger partial charge >= 0.3 is 12.2 Å². The number of hydrogen-bond acceptors (Lipinski definition) is 4. The average molecular weight is 440 g/mol. The minimum absolute atomic E-state index is 0.0151. The van der Waals surface area contributed by atoms with Crippen LogP contribution in [0.3, 0.4) is 0 Å². The molecule has 1 aromatic heterocycles. The Balaban J connectivity index is 1.24. The van der Waals surface area contributed by atoms with Crippen LogP contribution in [0.25, 0.3) is 0 Å². The van der Waals surface area contributed by atoms with Crippen LogP contribution in [0.15, 0.2) is 35.4 Å². The molecule has 2 aliphatic heterocycles. The van der Waals surface area contributed by atoms with Gasteiger partial charge in [-0.15, -0.1) is 0 Å². The van der Waals surface area contributed by atoms with Crippen LogP contribution in [0.4, 0.5) is 22.4 Å². The van der Waals surface area contributed by atoms with E-state index in [-0.39, 0.29) is 35.8 Å². The minimum atomic E-state index is -4.60. The molecule has 1 atom stereocenters. The van der Waals surface area contributed by atoms with E-state index in [1.165, 1.54) is 6.20 Å². The molecule has 0 aliphatic carbocycles. The molecule has 166 valence electrons. The van der Waals surface area contributed by atoms with Gasteiger partial charge in [-0.05, 0) is 18.6 Å². The molecule has 1 aromatic carbocycles. The maximum atomic E-state index is 13.9. The lowest BCUT2D eigenvalue weighted by molar-refractivity contribution is -0.137. The first-order valence-corrected chi connectivity index (χ1v) is 9.76. The summed E-state index contributed by atoms with van der Waals surface area (Å²) in [6.45, 7) is 1.51. The monoisotopic (exact) mass is 440 g/mol. The Hall–Kier alpha value is -2.95. The van der Waals surface area contributed by atoms with E-state index in [4.69, 9.17) is 4.74 Å². The van der Waals surface area contributed by atoms with Gasteiger partial charge in [-0.25, -0.2) is 9.18 Å². The van der Waals surface area contributed by atoms with Crippen molar-refractivity contribution < 1.29 is 27.1 Å². The van der Waals surface area contributed by atoms with Crippen LogP contribution in [-0.2, 0) is 17.5 Å². The molecule has 3 heterocycles. The maximum Gasteiger partial charge on any atom is 0.416 e. The Labute approximate surface area is 174 Å². The summed E-state index contributed by atoms with van der Waals surface area (Å²) < 4.78 is 57.2. The number of hydrogen-bond donors (Lipinski definition) is 1. The zero-order valence-corrected chi connectivity index (χ0v) is 16.4. The number of halogens is 4. The average Bonchev–Trinajstić information content (AvgIpc) is 3.17. The van der Waals surface area contributed by atoms with Crippen LogP contribution in [0.5, 0.6) is 0 Å². The Morgan fingerprint density at radius 3 is 2.65 bits per heavy atom. The quantitative estimate of drug-likeness (QED) is 0.742. The van der Waals surface area contributed by atoms with Crippen molar-refractivity contribution in [1.29, 1.82) is 0 Å². The molecule has 2 saturated heterocycles. The van der Waals surface area contributed by atoms with Crippen molar-refractivity contribution in [3.63, 3.8) is 0 Å². The van der Waals surface area contributed by atoms with E-state index >= 15 is 0 Å². The number of aromatic amines is 1. The van der Waals surface area contributed by atoms with Crippen LogP contribution in [0, 0.1) is 5.82 Å². The van der Waals surface area contributed by atoms with Gasteiger partial charge in [0.05, 0.1) is 37.6 Å². The molecule has 0 spiro atoms. The number of alkyl halides is 3. The highest BCUT2D eigenvalue weighted by Crippen LogP contribution is 2.31. The van der Waals surface area contributed by atoms with Gasteiger partial charge in [0.15, 0.2) is 0 Å². The Kier molecular flexibility index (Phi) is 5.69. The van der Waals surface area contributed by atoms with Gasteiger partial charge in [-0.3, -0.25) is 9.78 Å². The number of carbonyl (C=O) groups excluding carboxylic acids is 1. The topological polar surface area (TPSA) is 78.5 Å². The van der Waals surface area contributed by atoms with Crippen molar-refractivity contribution in [3.05, 3.63) is 63.6 Å². The first kappa shape index (κ1) is 21.3. The fraction of sp³-hybridized carbons (Fsp3) is 0.450.